The van der Waals surface area contributed by atoms with E-state index >= 15 is 0 Å². The highest BCUT2D eigenvalue weighted by Crippen LogP contribution is 2.49. The molecule has 2 bridgehead atoms. The smallest absolute Gasteiger partial charge is 0.264 e. The second-order valence-electron chi connectivity index (χ2n) is 14.2. The van der Waals surface area contributed by atoms with Gasteiger partial charge < -0.3 is 24.2 Å². The Bertz CT molecular complexity index is 1870. The molecule has 51 heavy (non-hydrogen) atoms. The van der Waals surface area contributed by atoms with Crippen LogP contribution < -0.4 is 14.4 Å². The summed E-state index contributed by atoms with van der Waals surface area (Å²) in [6, 6.07) is 12.8. The van der Waals surface area contributed by atoms with Crippen molar-refractivity contribution in [3.8, 4) is 5.75 Å². The number of amides is 1. The molecule has 3 aromatic rings. The standard InChI is InChI=1S/C39H48ClN3O7S/c1-25-8-7-16-39(45,32-18-31(21-41-22-32)38(48-3)49-4)34-14-11-29(34)23-43-17-6-5-9-27-19-33(40)13-10-30(27)24-50-36-15-12-28(20-35(36)43)37(44)42-51(46,47)26(25)2/h7,10,12-13,15-16,18-22,25-26,29,34,38,45H,5-6,8-9,11,14,17,23-24H2,1-4H3,(H,42,44)/b16-7+/t25-,26+,29-,34+,39+/m0/s1. The van der Waals surface area contributed by atoms with Gasteiger partial charge in [0.2, 0.25) is 10.0 Å². The summed E-state index contributed by atoms with van der Waals surface area (Å²) < 4.78 is 46.8. The minimum atomic E-state index is -4.04. The van der Waals surface area contributed by atoms with E-state index < -0.39 is 33.1 Å². The third-order valence-corrected chi connectivity index (χ3v) is 13.2. The first kappa shape index (κ1) is 37.3. The monoisotopic (exact) mass is 737 g/mol. The number of hydrogen-bond acceptors (Lipinski definition) is 9. The van der Waals surface area contributed by atoms with Gasteiger partial charge in [-0.2, -0.15) is 0 Å². The number of methoxy groups -OCH3 is 2. The summed E-state index contributed by atoms with van der Waals surface area (Å²) in [4.78, 5) is 20.3. The number of aromatic nitrogens is 1. The van der Waals surface area contributed by atoms with E-state index in [2.05, 4.69) is 14.6 Å². The fourth-order valence-corrected chi connectivity index (χ4v) is 9.06. The third-order valence-electron chi connectivity index (χ3n) is 11.0. The number of fused-ring (bicyclic) bond motifs is 3. The van der Waals surface area contributed by atoms with Gasteiger partial charge in [0.15, 0.2) is 6.29 Å². The van der Waals surface area contributed by atoms with Crippen LogP contribution in [0.15, 0.2) is 67.0 Å². The van der Waals surface area contributed by atoms with E-state index in [9.17, 15) is 18.3 Å². The topological polar surface area (TPSA) is 127 Å². The molecule has 2 aliphatic heterocycles. The van der Waals surface area contributed by atoms with E-state index in [-0.39, 0.29) is 23.3 Å². The minimum absolute atomic E-state index is 0.0834. The molecule has 1 amide bonds. The van der Waals surface area contributed by atoms with Crippen LogP contribution in [0.2, 0.25) is 5.02 Å². The second kappa shape index (κ2) is 15.6. The summed E-state index contributed by atoms with van der Waals surface area (Å²) in [5.41, 5.74) is 3.02. The number of carbonyl (C=O) groups is 1. The summed E-state index contributed by atoms with van der Waals surface area (Å²) >= 11 is 6.37. The number of benzene rings is 2. The van der Waals surface area contributed by atoms with Crippen LogP contribution in [0.25, 0.3) is 0 Å². The van der Waals surface area contributed by atoms with Gasteiger partial charge in [-0.1, -0.05) is 36.7 Å². The Morgan fingerprint density at radius 3 is 2.61 bits per heavy atom. The molecule has 2 N–H and O–H groups in total. The first-order valence-corrected chi connectivity index (χ1v) is 19.6. The van der Waals surface area contributed by atoms with Crippen molar-refractivity contribution in [2.45, 2.75) is 76.1 Å². The van der Waals surface area contributed by atoms with E-state index in [0.717, 1.165) is 43.2 Å². The van der Waals surface area contributed by atoms with Crippen LogP contribution in [0.4, 0.5) is 5.69 Å². The van der Waals surface area contributed by atoms with Crippen molar-refractivity contribution in [1.29, 1.82) is 0 Å². The molecule has 0 saturated heterocycles. The normalized spacial score (nSPS) is 27.5. The number of allylic oxidation sites excluding steroid dienone is 1. The van der Waals surface area contributed by atoms with Gasteiger partial charge in [-0.3, -0.25) is 9.78 Å². The lowest BCUT2D eigenvalue weighted by Crippen LogP contribution is -2.48. The molecule has 3 aliphatic rings. The number of rotatable bonds is 4. The number of hydrogen-bond donors (Lipinski definition) is 2. The molecule has 1 fully saturated rings. The zero-order chi connectivity index (χ0) is 36.3. The fourth-order valence-electron chi connectivity index (χ4n) is 7.58. The predicted octanol–water partition coefficient (Wildman–Crippen LogP) is 6.71. The Hall–Kier alpha value is -3.48. The number of pyridine rings is 1. The zero-order valence-electron chi connectivity index (χ0n) is 29.7. The molecule has 1 aliphatic carbocycles. The SMILES string of the molecule is COC(OC)c1cncc([C@]2(O)/C=C/C[C@H](C)[C@@H](C)S(=O)(=O)NC(=O)c3ccc4c(c3)N(CCCCc3cc(Cl)ccc3CO4)C[C@@H]3CC[C@H]32)c1. The lowest BCUT2D eigenvalue weighted by molar-refractivity contribution is -0.106. The molecule has 5 atom stereocenters. The molecular formula is C39H48ClN3O7S. The number of anilines is 1. The highest BCUT2D eigenvalue weighted by Gasteiger charge is 2.47. The number of aliphatic hydroxyl groups is 1. The van der Waals surface area contributed by atoms with E-state index in [1.807, 2.05) is 43.3 Å². The Kier molecular flexibility index (Phi) is 11.4. The molecule has 274 valence electrons. The van der Waals surface area contributed by atoms with E-state index in [4.69, 9.17) is 25.8 Å². The van der Waals surface area contributed by atoms with E-state index in [0.29, 0.717) is 53.7 Å². The molecule has 0 unspecified atom stereocenters. The molecule has 6 rings (SSSR count). The number of aryl methyl sites for hydroxylation is 1. The number of nitrogens with zero attached hydrogens (tertiary/aromatic N) is 2. The second-order valence-corrected chi connectivity index (χ2v) is 16.6. The van der Waals surface area contributed by atoms with Crippen molar-refractivity contribution < 1.29 is 32.5 Å². The molecule has 0 spiro atoms. The summed E-state index contributed by atoms with van der Waals surface area (Å²) in [6.45, 7) is 5.01. The Morgan fingerprint density at radius 1 is 1.06 bits per heavy atom. The van der Waals surface area contributed by atoms with Crippen LogP contribution in [0.1, 0.15) is 84.9 Å². The molecule has 1 aromatic heterocycles. The average Bonchev–Trinajstić information content (AvgIpc) is 3.13. The van der Waals surface area contributed by atoms with Crippen LogP contribution in [-0.4, -0.2) is 57.0 Å². The maximum Gasteiger partial charge on any atom is 0.264 e. The minimum Gasteiger partial charge on any atom is -0.487 e. The maximum absolute atomic E-state index is 13.5. The van der Waals surface area contributed by atoms with Gasteiger partial charge in [0, 0.05) is 67.3 Å². The summed E-state index contributed by atoms with van der Waals surface area (Å²) in [7, 11) is -0.926. The maximum atomic E-state index is 13.5. The molecule has 10 nitrogen and oxygen atoms in total. The lowest BCUT2D eigenvalue weighted by Gasteiger charge is -2.48. The van der Waals surface area contributed by atoms with Crippen molar-refractivity contribution in [3.05, 3.63) is 99.9 Å². The van der Waals surface area contributed by atoms with Gasteiger partial charge in [0.25, 0.3) is 5.91 Å². The number of sulfonamides is 1. The molecule has 1 saturated carbocycles. The molecule has 3 heterocycles. The summed E-state index contributed by atoms with van der Waals surface area (Å²) in [5, 5.41) is 12.6. The van der Waals surface area contributed by atoms with Gasteiger partial charge in [0.05, 0.1) is 10.9 Å². The van der Waals surface area contributed by atoms with Crippen molar-refractivity contribution in [3.63, 3.8) is 0 Å². The van der Waals surface area contributed by atoms with Crippen molar-refractivity contribution in [2.75, 3.05) is 32.2 Å². The highest BCUT2D eigenvalue weighted by atomic mass is 35.5. The van der Waals surface area contributed by atoms with Gasteiger partial charge >= 0.3 is 0 Å². The van der Waals surface area contributed by atoms with Crippen molar-refractivity contribution in [2.24, 2.45) is 17.8 Å². The quantitative estimate of drug-likeness (QED) is 0.222. The van der Waals surface area contributed by atoms with Gasteiger partial charge in [0.1, 0.15) is 18.0 Å². The summed E-state index contributed by atoms with van der Waals surface area (Å²) in [6.07, 6.45) is 11.0. The van der Waals surface area contributed by atoms with Crippen molar-refractivity contribution >= 4 is 33.2 Å². The van der Waals surface area contributed by atoms with Crippen LogP contribution >= 0.6 is 11.6 Å². The van der Waals surface area contributed by atoms with Crippen molar-refractivity contribution in [1.82, 2.24) is 9.71 Å². The van der Waals surface area contributed by atoms with Crippen LogP contribution in [-0.2, 0) is 38.1 Å². The zero-order valence-corrected chi connectivity index (χ0v) is 31.3. The molecule has 12 heteroatoms. The average molecular weight is 738 g/mol. The van der Waals surface area contributed by atoms with Crippen LogP contribution in [0.5, 0.6) is 5.75 Å². The van der Waals surface area contributed by atoms with Crippen LogP contribution in [0.3, 0.4) is 0 Å². The van der Waals surface area contributed by atoms with Crippen LogP contribution in [0, 0.1) is 17.8 Å². The third kappa shape index (κ3) is 7.98. The molecule has 2 aromatic carbocycles. The number of carbonyl (C=O) groups excluding carboxylic acids is 1. The van der Waals surface area contributed by atoms with Gasteiger partial charge in [-0.25, -0.2) is 13.1 Å². The first-order valence-electron chi connectivity index (χ1n) is 17.7. The number of halogens is 1. The predicted molar refractivity (Wildman–Crippen MR) is 197 cm³/mol. The Labute approximate surface area is 306 Å². The van der Waals surface area contributed by atoms with Gasteiger partial charge in [-0.05, 0) is 105 Å². The largest absolute Gasteiger partial charge is 0.487 e. The first-order chi connectivity index (χ1) is 24.4. The molecular weight excluding hydrogens is 690 g/mol. The van der Waals surface area contributed by atoms with E-state index in [1.165, 1.54) is 0 Å². The summed E-state index contributed by atoms with van der Waals surface area (Å²) in [5.74, 6) is -0.527. The fraction of sp³-hybridized carbons (Fsp3) is 0.487. The lowest BCUT2D eigenvalue weighted by atomic mass is 9.62. The molecule has 0 radical (unpaired) electrons. The number of nitrogens with one attached hydrogen (secondary N) is 1. The Morgan fingerprint density at radius 2 is 1.86 bits per heavy atom. The number of ether oxygens (including phenoxy) is 3. The highest BCUT2D eigenvalue weighted by molar-refractivity contribution is 7.90. The van der Waals surface area contributed by atoms with Gasteiger partial charge in [-0.15, -0.1) is 0 Å². The van der Waals surface area contributed by atoms with E-state index in [1.54, 1.807) is 51.7 Å². The Balaban J connectivity index is 1.44.